The molecule has 3 rings (SSSR count). The molecule has 5 heteroatoms. The number of methoxy groups -OCH3 is 1. The third-order valence-electron chi connectivity index (χ3n) is 5.53. The summed E-state index contributed by atoms with van der Waals surface area (Å²) in [5, 5.41) is 0. The van der Waals surface area contributed by atoms with Gasteiger partial charge in [0.2, 0.25) is 0 Å². The molecule has 1 aliphatic carbocycles. The van der Waals surface area contributed by atoms with Crippen LogP contribution in [-0.4, -0.2) is 50.9 Å². The van der Waals surface area contributed by atoms with E-state index >= 15 is 0 Å². The van der Waals surface area contributed by atoms with E-state index in [1.807, 2.05) is 0 Å². The van der Waals surface area contributed by atoms with Gasteiger partial charge in [-0.25, -0.2) is 4.79 Å². The number of esters is 1. The predicted octanol–water partition coefficient (Wildman–Crippen LogP) is 0.121. The minimum absolute atomic E-state index is 0. The molecule has 1 aromatic carbocycles. The summed E-state index contributed by atoms with van der Waals surface area (Å²) in [6.07, 6.45) is 4.62. The monoisotopic (exact) mass is 397 g/mol. The van der Waals surface area contributed by atoms with Crippen LogP contribution in [-0.2, 0) is 4.74 Å². The predicted molar refractivity (Wildman–Crippen MR) is 89.5 cm³/mol. The first-order chi connectivity index (χ1) is 11.0. The lowest BCUT2D eigenvalue weighted by molar-refractivity contribution is -0.900. The van der Waals surface area contributed by atoms with Crippen LogP contribution in [0, 0.1) is 11.8 Å². The molecule has 1 aliphatic heterocycles. The van der Waals surface area contributed by atoms with Crippen molar-refractivity contribution in [2.24, 2.45) is 11.8 Å². The van der Waals surface area contributed by atoms with Crippen molar-refractivity contribution in [1.29, 1.82) is 0 Å². The maximum atomic E-state index is 12.3. The molecule has 0 spiro atoms. The van der Waals surface area contributed by atoms with Gasteiger partial charge < -0.3 is 30.9 Å². The standard InChI is InChI=1S/C19H28NO3.BrH/c1-20(2)11-10-14-4-9-18(12-16(14)13-20)23-19(21)15-5-7-17(22-3)8-6-15;/h5-8,14,16,18H,4,9-13H2,1-3H3;1H/q+1;/p-1/t14-,16+,18-;/m1./s1. The van der Waals surface area contributed by atoms with E-state index in [1.165, 1.54) is 25.9 Å². The average molecular weight is 398 g/mol. The quantitative estimate of drug-likeness (QED) is 0.536. The Hall–Kier alpha value is -1.07. The second-order valence-corrected chi connectivity index (χ2v) is 7.72. The van der Waals surface area contributed by atoms with E-state index in [0.29, 0.717) is 11.5 Å². The number of quaternary nitrogens is 1. The Morgan fingerprint density at radius 3 is 2.46 bits per heavy atom. The largest absolute Gasteiger partial charge is 1.00 e. The molecule has 2 aliphatic rings. The molecule has 1 aromatic rings. The zero-order valence-electron chi connectivity index (χ0n) is 14.8. The van der Waals surface area contributed by atoms with Gasteiger partial charge in [0.1, 0.15) is 11.9 Å². The number of nitrogens with zero attached hydrogens (tertiary/aromatic N) is 1. The van der Waals surface area contributed by atoms with Crippen molar-refractivity contribution in [1.82, 2.24) is 0 Å². The zero-order chi connectivity index (χ0) is 16.4. The van der Waals surface area contributed by atoms with Gasteiger partial charge in [0.05, 0.1) is 39.9 Å². The summed E-state index contributed by atoms with van der Waals surface area (Å²) in [4.78, 5) is 12.3. The average Bonchev–Trinajstić information content (AvgIpc) is 2.53. The number of carbonyl (C=O) groups is 1. The Balaban J connectivity index is 0.00000208. The maximum absolute atomic E-state index is 12.3. The number of hydrogen-bond donors (Lipinski definition) is 0. The number of likely N-dealkylation sites (tertiary alicyclic amines) is 1. The minimum Gasteiger partial charge on any atom is -1.00 e. The van der Waals surface area contributed by atoms with Crippen LogP contribution in [0.5, 0.6) is 5.75 Å². The smallest absolute Gasteiger partial charge is 0.338 e. The second kappa shape index (κ2) is 7.87. The van der Waals surface area contributed by atoms with Crippen LogP contribution in [0.4, 0.5) is 0 Å². The summed E-state index contributed by atoms with van der Waals surface area (Å²) in [6.45, 7) is 2.48. The molecule has 24 heavy (non-hydrogen) atoms. The molecule has 0 N–H and O–H groups in total. The van der Waals surface area contributed by atoms with Gasteiger partial charge in [0.25, 0.3) is 0 Å². The highest BCUT2D eigenvalue weighted by Gasteiger charge is 2.40. The highest BCUT2D eigenvalue weighted by molar-refractivity contribution is 5.89. The molecule has 1 heterocycles. The summed E-state index contributed by atoms with van der Waals surface area (Å²) >= 11 is 0. The summed E-state index contributed by atoms with van der Waals surface area (Å²) in [7, 11) is 6.24. The molecule has 4 nitrogen and oxygen atoms in total. The SMILES string of the molecule is COc1ccc(C(=O)O[C@@H]2CC[C@@H]3CC[N+](C)(C)C[C@@H]3C2)cc1.[Br-]. The van der Waals surface area contributed by atoms with Crippen LogP contribution in [0.3, 0.4) is 0 Å². The van der Waals surface area contributed by atoms with Gasteiger partial charge in [0.15, 0.2) is 0 Å². The van der Waals surface area contributed by atoms with Crippen LogP contribution >= 0.6 is 0 Å². The molecule has 0 aromatic heterocycles. The Bertz CT molecular complexity index is 558. The summed E-state index contributed by atoms with van der Waals surface area (Å²) in [5.41, 5.74) is 0.604. The zero-order valence-corrected chi connectivity index (χ0v) is 16.4. The van der Waals surface area contributed by atoms with Crippen molar-refractivity contribution in [3.05, 3.63) is 29.8 Å². The summed E-state index contributed by atoms with van der Waals surface area (Å²) in [5.74, 6) is 2.07. The molecule has 1 saturated carbocycles. The van der Waals surface area contributed by atoms with Crippen LogP contribution in [0.1, 0.15) is 36.0 Å². The van der Waals surface area contributed by atoms with Crippen molar-refractivity contribution >= 4 is 5.97 Å². The number of ether oxygens (including phenoxy) is 2. The first-order valence-corrected chi connectivity index (χ1v) is 8.64. The number of halogens is 1. The van der Waals surface area contributed by atoms with E-state index in [-0.39, 0.29) is 29.1 Å². The lowest BCUT2D eigenvalue weighted by Crippen LogP contribution is -3.00. The van der Waals surface area contributed by atoms with Gasteiger partial charge in [-0.1, -0.05) is 0 Å². The molecular weight excluding hydrogens is 370 g/mol. The first-order valence-electron chi connectivity index (χ1n) is 8.64. The summed E-state index contributed by atoms with van der Waals surface area (Å²) in [6, 6.07) is 7.14. The lowest BCUT2D eigenvalue weighted by Gasteiger charge is -2.45. The van der Waals surface area contributed by atoms with Gasteiger partial charge in [-0.05, 0) is 55.9 Å². The topological polar surface area (TPSA) is 35.5 Å². The highest BCUT2D eigenvalue weighted by atomic mass is 79.9. The van der Waals surface area contributed by atoms with Crippen LogP contribution in [0.15, 0.2) is 24.3 Å². The Morgan fingerprint density at radius 1 is 1.08 bits per heavy atom. The third kappa shape index (κ3) is 4.51. The van der Waals surface area contributed by atoms with Crippen molar-refractivity contribution in [2.75, 3.05) is 34.3 Å². The molecule has 0 bridgehead atoms. The number of carbonyl (C=O) groups excluding carboxylic acids is 1. The van der Waals surface area contributed by atoms with Gasteiger partial charge in [0, 0.05) is 5.92 Å². The van der Waals surface area contributed by atoms with Crippen molar-refractivity contribution in [3.8, 4) is 5.75 Å². The molecule has 1 saturated heterocycles. The van der Waals surface area contributed by atoms with Crippen molar-refractivity contribution < 1.29 is 35.7 Å². The van der Waals surface area contributed by atoms with E-state index in [9.17, 15) is 4.79 Å². The number of benzene rings is 1. The highest BCUT2D eigenvalue weighted by Crippen LogP contribution is 2.38. The molecule has 2 fully saturated rings. The Morgan fingerprint density at radius 2 is 1.79 bits per heavy atom. The number of hydrogen-bond acceptors (Lipinski definition) is 3. The van der Waals surface area contributed by atoms with E-state index in [0.717, 1.165) is 29.0 Å². The number of piperidine rings is 1. The minimum atomic E-state index is -0.208. The van der Waals surface area contributed by atoms with E-state index < -0.39 is 0 Å². The van der Waals surface area contributed by atoms with Crippen molar-refractivity contribution in [2.45, 2.75) is 31.8 Å². The van der Waals surface area contributed by atoms with E-state index in [4.69, 9.17) is 9.47 Å². The fourth-order valence-electron chi connectivity index (χ4n) is 4.18. The molecule has 0 radical (unpaired) electrons. The van der Waals surface area contributed by atoms with Gasteiger partial charge >= 0.3 is 5.97 Å². The van der Waals surface area contributed by atoms with Gasteiger partial charge in [-0.2, -0.15) is 0 Å². The van der Waals surface area contributed by atoms with Gasteiger partial charge in [-0.15, -0.1) is 0 Å². The molecule has 0 unspecified atom stereocenters. The van der Waals surface area contributed by atoms with Crippen LogP contribution < -0.4 is 21.7 Å². The van der Waals surface area contributed by atoms with Crippen molar-refractivity contribution in [3.63, 3.8) is 0 Å². The third-order valence-corrected chi connectivity index (χ3v) is 5.53. The Labute approximate surface area is 155 Å². The molecule has 0 amide bonds. The number of fused-ring (bicyclic) bond motifs is 1. The normalized spacial score (nSPS) is 28.2. The fraction of sp³-hybridized carbons (Fsp3) is 0.632. The fourth-order valence-corrected chi connectivity index (χ4v) is 4.18. The van der Waals surface area contributed by atoms with E-state index in [1.54, 1.807) is 31.4 Å². The van der Waals surface area contributed by atoms with Crippen LogP contribution in [0.2, 0.25) is 0 Å². The van der Waals surface area contributed by atoms with Gasteiger partial charge in [-0.3, -0.25) is 0 Å². The molecule has 134 valence electrons. The molecule has 3 atom stereocenters. The van der Waals surface area contributed by atoms with E-state index in [2.05, 4.69) is 14.1 Å². The first kappa shape index (κ1) is 19.3. The summed E-state index contributed by atoms with van der Waals surface area (Å²) < 4.78 is 12.0. The Kier molecular flexibility index (Phi) is 6.32. The molecular formula is C19H28BrNO3. The lowest BCUT2D eigenvalue weighted by atomic mass is 9.73. The second-order valence-electron chi connectivity index (χ2n) is 7.72. The number of rotatable bonds is 3. The maximum Gasteiger partial charge on any atom is 0.338 e. The van der Waals surface area contributed by atoms with Crippen LogP contribution in [0.25, 0.3) is 0 Å².